The number of hydrazine groups is 1. The Hall–Kier alpha value is -4.19. The number of nitrogens with zero attached hydrogens (tertiary/aromatic N) is 1. The van der Waals surface area contributed by atoms with E-state index in [1.807, 2.05) is 0 Å². The molecule has 0 bridgehead atoms. The molecular formula is C24H23FN4O6S. The molecule has 1 heterocycles. The summed E-state index contributed by atoms with van der Waals surface area (Å²) >= 11 is 0. The maximum absolute atomic E-state index is 13.1. The number of carbonyl (C=O) groups is 2. The van der Waals surface area contributed by atoms with Crippen LogP contribution in [0.2, 0.25) is 0 Å². The molecule has 188 valence electrons. The number of rotatable bonds is 6. The number of hydrazone groups is 1. The molecule has 0 aliphatic heterocycles. The lowest BCUT2D eigenvalue weighted by molar-refractivity contribution is 0.0827. The number of benzene rings is 2. The van der Waals surface area contributed by atoms with Crippen LogP contribution in [0.5, 0.6) is 5.75 Å². The van der Waals surface area contributed by atoms with Gasteiger partial charge in [-0.25, -0.2) is 4.39 Å². The standard InChI is InChI=1S/C24H23FN4O6S/c1-14-21-18(26-29-36(32,33)16-12-10-15(25)11-13-16)7-5-9-20(21)35-22(14)24(31)28-27-23(30)17-6-3-4-8-19(17)34-2/h3-4,6,8,10-13,29H,5,7,9H2,1-2H3,(H,27,30)(H,28,31)/b26-18+. The van der Waals surface area contributed by atoms with Gasteiger partial charge < -0.3 is 9.15 Å². The quantitative estimate of drug-likeness (QED) is 0.433. The van der Waals surface area contributed by atoms with E-state index in [-0.39, 0.29) is 16.2 Å². The topological polar surface area (TPSA) is 139 Å². The lowest BCUT2D eigenvalue weighted by Crippen LogP contribution is -2.41. The first-order valence-electron chi connectivity index (χ1n) is 10.9. The van der Waals surface area contributed by atoms with Crippen molar-refractivity contribution in [3.05, 3.63) is 82.6 Å². The van der Waals surface area contributed by atoms with E-state index in [0.717, 1.165) is 24.3 Å². The third-order valence-electron chi connectivity index (χ3n) is 5.60. The summed E-state index contributed by atoms with van der Waals surface area (Å²) in [6.07, 6.45) is 1.61. The molecule has 4 rings (SSSR count). The predicted molar refractivity (Wildman–Crippen MR) is 128 cm³/mol. The smallest absolute Gasteiger partial charge is 0.305 e. The summed E-state index contributed by atoms with van der Waals surface area (Å²) in [6.45, 7) is 1.65. The van der Waals surface area contributed by atoms with Crippen LogP contribution < -0.4 is 20.4 Å². The van der Waals surface area contributed by atoms with Gasteiger partial charge in [0, 0.05) is 17.5 Å². The molecule has 12 heteroatoms. The highest BCUT2D eigenvalue weighted by atomic mass is 32.2. The second-order valence-corrected chi connectivity index (χ2v) is 9.58. The summed E-state index contributed by atoms with van der Waals surface area (Å²) in [7, 11) is -2.59. The molecule has 0 saturated heterocycles. The summed E-state index contributed by atoms with van der Waals surface area (Å²) < 4.78 is 49.1. The van der Waals surface area contributed by atoms with E-state index in [2.05, 4.69) is 20.8 Å². The molecule has 3 aromatic rings. The maximum Gasteiger partial charge on any atom is 0.305 e. The fourth-order valence-electron chi connectivity index (χ4n) is 3.85. The van der Waals surface area contributed by atoms with E-state index < -0.39 is 27.7 Å². The fraction of sp³-hybridized carbons (Fsp3) is 0.208. The first-order chi connectivity index (χ1) is 17.2. The van der Waals surface area contributed by atoms with E-state index >= 15 is 0 Å². The molecule has 0 unspecified atom stereocenters. The number of sulfonamides is 1. The minimum Gasteiger partial charge on any atom is -0.496 e. The van der Waals surface area contributed by atoms with Gasteiger partial charge in [-0.2, -0.15) is 18.4 Å². The van der Waals surface area contributed by atoms with Crippen LogP contribution in [0.1, 0.15) is 50.6 Å². The molecule has 36 heavy (non-hydrogen) atoms. The van der Waals surface area contributed by atoms with Gasteiger partial charge >= 0.3 is 5.91 Å². The lowest BCUT2D eigenvalue weighted by atomic mass is 9.93. The van der Waals surface area contributed by atoms with Crippen molar-refractivity contribution in [3.63, 3.8) is 0 Å². The molecule has 0 fully saturated rings. The van der Waals surface area contributed by atoms with Gasteiger partial charge in [-0.05, 0) is 56.2 Å². The highest BCUT2D eigenvalue weighted by molar-refractivity contribution is 7.89. The molecule has 3 N–H and O–H groups in total. The Labute approximate surface area is 206 Å². The van der Waals surface area contributed by atoms with Crippen molar-refractivity contribution in [1.82, 2.24) is 15.7 Å². The van der Waals surface area contributed by atoms with E-state index in [1.165, 1.54) is 7.11 Å². The number of hydrogen-bond donors (Lipinski definition) is 3. The number of ether oxygens (including phenoxy) is 1. The molecule has 0 radical (unpaired) electrons. The second-order valence-electron chi connectivity index (χ2n) is 7.92. The van der Waals surface area contributed by atoms with Gasteiger partial charge in [0.15, 0.2) is 5.76 Å². The van der Waals surface area contributed by atoms with Crippen molar-refractivity contribution in [2.45, 2.75) is 31.1 Å². The Morgan fingerprint density at radius 1 is 1.03 bits per heavy atom. The molecule has 1 aliphatic rings. The van der Waals surface area contributed by atoms with Crippen molar-refractivity contribution in [1.29, 1.82) is 0 Å². The highest BCUT2D eigenvalue weighted by Crippen LogP contribution is 2.30. The van der Waals surface area contributed by atoms with Gasteiger partial charge in [0.1, 0.15) is 17.3 Å². The lowest BCUT2D eigenvalue weighted by Gasteiger charge is -2.14. The first-order valence-corrected chi connectivity index (χ1v) is 12.4. The Balaban J connectivity index is 1.51. The molecule has 0 atom stereocenters. The van der Waals surface area contributed by atoms with Crippen molar-refractivity contribution in [2.75, 3.05) is 7.11 Å². The number of para-hydroxylation sites is 1. The van der Waals surface area contributed by atoms with Crippen LogP contribution in [-0.4, -0.2) is 33.1 Å². The van der Waals surface area contributed by atoms with Gasteiger partial charge in [-0.3, -0.25) is 20.4 Å². The van der Waals surface area contributed by atoms with Crippen LogP contribution in [0.4, 0.5) is 4.39 Å². The van der Waals surface area contributed by atoms with Crippen LogP contribution in [0.25, 0.3) is 0 Å². The number of fused-ring (bicyclic) bond motifs is 1. The average molecular weight is 515 g/mol. The van der Waals surface area contributed by atoms with E-state index in [1.54, 1.807) is 31.2 Å². The predicted octanol–water partition coefficient (Wildman–Crippen LogP) is 2.83. The SMILES string of the molecule is COc1ccccc1C(=O)NNC(=O)c1oc2c(c1C)/C(=N/NS(=O)(=O)c1ccc(F)cc1)CCC2. The Morgan fingerprint density at radius 3 is 2.44 bits per heavy atom. The molecule has 1 aliphatic carbocycles. The Bertz CT molecular complexity index is 1450. The van der Waals surface area contributed by atoms with Gasteiger partial charge in [0.25, 0.3) is 15.9 Å². The molecule has 0 spiro atoms. The van der Waals surface area contributed by atoms with Crippen LogP contribution in [0, 0.1) is 12.7 Å². The molecule has 2 aromatic carbocycles. The zero-order valence-corrected chi connectivity index (χ0v) is 20.2. The number of methoxy groups -OCH3 is 1. The number of nitrogens with one attached hydrogen (secondary N) is 3. The number of hydrogen-bond acceptors (Lipinski definition) is 7. The van der Waals surface area contributed by atoms with E-state index in [0.29, 0.717) is 47.6 Å². The van der Waals surface area contributed by atoms with E-state index in [9.17, 15) is 22.4 Å². The minimum atomic E-state index is -4.02. The molecule has 0 saturated carbocycles. The third kappa shape index (κ3) is 5.08. The number of amides is 2. The number of halogens is 1. The summed E-state index contributed by atoms with van der Waals surface area (Å²) in [5, 5.41) is 4.07. The normalized spacial score (nSPS) is 14.1. The Kier molecular flexibility index (Phi) is 7.06. The summed E-state index contributed by atoms with van der Waals surface area (Å²) in [5.41, 5.74) is 6.28. The highest BCUT2D eigenvalue weighted by Gasteiger charge is 2.29. The van der Waals surface area contributed by atoms with Crippen molar-refractivity contribution in [3.8, 4) is 5.75 Å². The molecule has 1 aromatic heterocycles. The number of aryl methyl sites for hydroxylation is 1. The zero-order valence-electron chi connectivity index (χ0n) is 19.4. The van der Waals surface area contributed by atoms with Crippen LogP contribution in [0.3, 0.4) is 0 Å². The fourth-order valence-corrected chi connectivity index (χ4v) is 4.68. The maximum atomic E-state index is 13.1. The minimum absolute atomic E-state index is 0.0312. The average Bonchev–Trinajstić information content (AvgIpc) is 3.23. The first kappa shape index (κ1) is 24.9. The van der Waals surface area contributed by atoms with Gasteiger partial charge in [0.2, 0.25) is 0 Å². The van der Waals surface area contributed by atoms with Crippen molar-refractivity contribution in [2.24, 2.45) is 5.10 Å². The monoisotopic (exact) mass is 514 g/mol. The summed E-state index contributed by atoms with van der Waals surface area (Å²) in [5.74, 6) is -1.02. The number of furan rings is 1. The summed E-state index contributed by atoms with van der Waals surface area (Å²) in [6, 6.07) is 10.9. The molecule has 2 amide bonds. The van der Waals surface area contributed by atoms with Crippen LogP contribution in [0.15, 0.2) is 62.9 Å². The zero-order chi connectivity index (χ0) is 25.9. The van der Waals surface area contributed by atoms with Gasteiger partial charge in [-0.15, -0.1) is 0 Å². The van der Waals surface area contributed by atoms with E-state index in [4.69, 9.17) is 9.15 Å². The molecular weight excluding hydrogens is 491 g/mol. The van der Waals surface area contributed by atoms with Crippen molar-refractivity contribution >= 4 is 27.5 Å². The van der Waals surface area contributed by atoms with Crippen LogP contribution in [-0.2, 0) is 16.4 Å². The summed E-state index contributed by atoms with van der Waals surface area (Å²) in [4.78, 5) is 27.3. The second kappa shape index (κ2) is 10.2. The largest absolute Gasteiger partial charge is 0.496 e. The van der Waals surface area contributed by atoms with Gasteiger partial charge in [0.05, 0.1) is 23.3 Å². The van der Waals surface area contributed by atoms with Crippen LogP contribution >= 0.6 is 0 Å². The van der Waals surface area contributed by atoms with Crippen molar-refractivity contribution < 1.29 is 31.6 Å². The van der Waals surface area contributed by atoms with Gasteiger partial charge in [-0.1, -0.05) is 12.1 Å². The number of carbonyl (C=O) groups excluding carboxylic acids is 2. The molecule has 10 nitrogen and oxygen atoms in total. The third-order valence-corrected chi connectivity index (χ3v) is 6.82. The Morgan fingerprint density at radius 2 is 1.72 bits per heavy atom.